The molecule has 3 rings (SSSR count). The van der Waals surface area contributed by atoms with E-state index in [1.54, 1.807) is 4.90 Å². The summed E-state index contributed by atoms with van der Waals surface area (Å²) in [6.45, 7) is 4.30. The maximum atomic E-state index is 12.4. The van der Waals surface area contributed by atoms with Crippen molar-refractivity contribution < 1.29 is 9.59 Å². The Bertz CT molecular complexity index is 920. The lowest BCUT2D eigenvalue weighted by Gasteiger charge is -2.24. The molecule has 3 N–H and O–H groups in total. The highest BCUT2D eigenvalue weighted by Crippen LogP contribution is 2.31. The average molecular weight is 549 g/mol. The second-order valence-corrected chi connectivity index (χ2v) is 7.67. The number of hydrogen-bond donors (Lipinski definition) is 3. The van der Waals surface area contributed by atoms with Gasteiger partial charge in [0.15, 0.2) is 5.96 Å². The number of carbonyl (C=O) groups is 2. The molecule has 1 aliphatic heterocycles. The van der Waals surface area contributed by atoms with Crippen LogP contribution < -0.4 is 16.0 Å². The van der Waals surface area contributed by atoms with Crippen molar-refractivity contribution in [2.24, 2.45) is 4.99 Å². The van der Waals surface area contributed by atoms with Crippen LogP contribution >= 0.6 is 24.0 Å². The molecule has 0 aliphatic carbocycles. The fourth-order valence-corrected chi connectivity index (χ4v) is 3.63. The Morgan fingerprint density at radius 1 is 1.12 bits per heavy atom. The molecule has 2 aromatic rings. The number of fused-ring (bicyclic) bond motifs is 1. The topological polar surface area (TPSA) is 85.8 Å². The van der Waals surface area contributed by atoms with Crippen LogP contribution in [0, 0.1) is 0 Å². The fourth-order valence-electron chi connectivity index (χ4n) is 3.63. The Hall–Kier alpha value is -2.62. The van der Waals surface area contributed by atoms with Gasteiger partial charge < -0.3 is 20.9 Å². The molecule has 0 radical (unpaired) electrons. The summed E-state index contributed by atoms with van der Waals surface area (Å²) >= 11 is 0. The third-order valence-corrected chi connectivity index (χ3v) is 5.24. The lowest BCUT2D eigenvalue weighted by atomic mass is 9.91. The second-order valence-electron chi connectivity index (χ2n) is 7.67. The molecular formula is C24H32IN5O2. The van der Waals surface area contributed by atoms with Crippen molar-refractivity contribution in [3.8, 4) is 0 Å². The summed E-state index contributed by atoms with van der Waals surface area (Å²) in [7, 11) is 1.82. The highest BCUT2D eigenvalue weighted by molar-refractivity contribution is 14.0. The molecule has 0 saturated carbocycles. The summed E-state index contributed by atoms with van der Waals surface area (Å²) in [4.78, 5) is 30.9. The van der Waals surface area contributed by atoms with Crippen LogP contribution in [0.2, 0.25) is 0 Å². The van der Waals surface area contributed by atoms with Crippen LogP contribution in [0.3, 0.4) is 0 Å². The number of rotatable bonds is 8. The Morgan fingerprint density at radius 2 is 1.84 bits per heavy atom. The number of carbonyl (C=O) groups excluding carboxylic acids is 2. The molecule has 0 aromatic heterocycles. The Balaban J connectivity index is 0.00000363. The van der Waals surface area contributed by atoms with Gasteiger partial charge in [-0.25, -0.2) is 0 Å². The van der Waals surface area contributed by atoms with Gasteiger partial charge in [0.2, 0.25) is 11.8 Å². The quantitative estimate of drug-likeness (QED) is 0.268. The maximum absolute atomic E-state index is 12.4. The SMILES string of the molecule is CCNC(=NCC1CC(=O)Nc2ccccc21)NCCC(=O)N(C)Cc1ccccc1.I. The average Bonchev–Trinajstić information content (AvgIpc) is 2.77. The van der Waals surface area contributed by atoms with Crippen LogP contribution in [0.1, 0.15) is 36.8 Å². The highest BCUT2D eigenvalue weighted by atomic mass is 127. The predicted octanol–water partition coefficient (Wildman–Crippen LogP) is 3.33. The molecule has 7 nitrogen and oxygen atoms in total. The van der Waals surface area contributed by atoms with Crippen LogP contribution in [-0.2, 0) is 16.1 Å². The summed E-state index contributed by atoms with van der Waals surface area (Å²) in [6.07, 6.45) is 0.797. The molecule has 1 unspecified atom stereocenters. The fraction of sp³-hybridized carbons (Fsp3) is 0.375. The lowest BCUT2D eigenvalue weighted by molar-refractivity contribution is -0.130. The molecule has 1 aliphatic rings. The summed E-state index contributed by atoms with van der Waals surface area (Å²) in [5.74, 6) is 0.789. The number of anilines is 1. The number of guanidine groups is 1. The number of benzene rings is 2. The molecule has 2 aromatic carbocycles. The molecular weight excluding hydrogens is 517 g/mol. The van der Waals surface area contributed by atoms with Crippen LogP contribution in [0.25, 0.3) is 0 Å². The number of amides is 2. The summed E-state index contributed by atoms with van der Waals surface area (Å²) in [5, 5.41) is 9.37. The minimum atomic E-state index is 0. The monoisotopic (exact) mass is 549 g/mol. The molecule has 0 fully saturated rings. The van der Waals surface area contributed by atoms with E-state index in [-0.39, 0.29) is 41.7 Å². The van der Waals surface area contributed by atoms with Crippen LogP contribution in [0.15, 0.2) is 59.6 Å². The Kier molecular flexibility index (Phi) is 10.5. The van der Waals surface area contributed by atoms with E-state index in [1.165, 1.54) is 0 Å². The normalized spacial score (nSPS) is 15.1. The van der Waals surface area contributed by atoms with E-state index in [9.17, 15) is 9.59 Å². The minimum absolute atomic E-state index is 0. The van der Waals surface area contributed by atoms with Crippen molar-refractivity contribution in [3.05, 3.63) is 65.7 Å². The number of halogens is 1. The first-order valence-corrected chi connectivity index (χ1v) is 10.8. The van der Waals surface area contributed by atoms with E-state index in [2.05, 4.69) is 20.9 Å². The van der Waals surface area contributed by atoms with E-state index >= 15 is 0 Å². The zero-order valence-electron chi connectivity index (χ0n) is 18.6. The van der Waals surface area contributed by atoms with E-state index in [0.717, 1.165) is 23.4 Å². The molecule has 32 heavy (non-hydrogen) atoms. The van der Waals surface area contributed by atoms with Crippen molar-refractivity contribution in [1.29, 1.82) is 0 Å². The van der Waals surface area contributed by atoms with Gasteiger partial charge in [-0.2, -0.15) is 0 Å². The molecule has 0 spiro atoms. The summed E-state index contributed by atoms with van der Waals surface area (Å²) in [6, 6.07) is 17.8. The van der Waals surface area contributed by atoms with Gasteiger partial charge in [-0.1, -0.05) is 48.5 Å². The molecule has 172 valence electrons. The molecule has 0 bridgehead atoms. The standard InChI is InChI=1S/C24H31N5O2.HI/c1-3-25-24(26-14-13-23(31)29(2)17-18-9-5-4-6-10-18)27-16-19-15-22(30)28-21-12-8-7-11-20(19)21;/h4-12,19H,3,13-17H2,1-2H3,(H,28,30)(H2,25,26,27);1H. The largest absolute Gasteiger partial charge is 0.357 e. The van der Waals surface area contributed by atoms with E-state index < -0.39 is 0 Å². The summed E-state index contributed by atoms with van der Waals surface area (Å²) < 4.78 is 0. The van der Waals surface area contributed by atoms with Crippen molar-refractivity contribution in [3.63, 3.8) is 0 Å². The smallest absolute Gasteiger partial charge is 0.225 e. The van der Waals surface area contributed by atoms with E-state index in [4.69, 9.17) is 0 Å². The number of para-hydroxylation sites is 1. The number of nitrogens with one attached hydrogen (secondary N) is 3. The van der Waals surface area contributed by atoms with Crippen molar-refractivity contribution >= 4 is 47.4 Å². The van der Waals surface area contributed by atoms with Crippen molar-refractivity contribution in [1.82, 2.24) is 15.5 Å². The number of nitrogens with zero attached hydrogens (tertiary/aromatic N) is 2. The van der Waals surface area contributed by atoms with E-state index in [1.807, 2.05) is 68.6 Å². The zero-order chi connectivity index (χ0) is 22.1. The maximum Gasteiger partial charge on any atom is 0.225 e. The van der Waals surface area contributed by atoms with Crippen molar-refractivity contribution in [2.45, 2.75) is 32.2 Å². The Labute approximate surface area is 207 Å². The van der Waals surface area contributed by atoms with E-state index in [0.29, 0.717) is 38.4 Å². The summed E-state index contributed by atoms with van der Waals surface area (Å²) in [5.41, 5.74) is 3.08. The minimum Gasteiger partial charge on any atom is -0.357 e. The predicted molar refractivity (Wildman–Crippen MR) is 139 cm³/mol. The van der Waals surface area contributed by atoms with Crippen LogP contribution in [0.5, 0.6) is 0 Å². The molecule has 1 heterocycles. The van der Waals surface area contributed by atoms with Crippen LogP contribution in [-0.4, -0.2) is 49.4 Å². The lowest BCUT2D eigenvalue weighted by Crippen LogP contribution is -2.40. The van der Waals surface area contributed by atoms with Gasteiger partial charge in [0.25, 0.3) is 0 Å². The first-order valence-electron chi connectivity index (χ1n) is 10.8. The first kappa shape index (κ1) is 25.6. The van der Waals surface area contributed by atoms with Gasteiger partial charge in [0.1, 0.15) is 0 Å². The Morgan fingerprint density at radius 3 is 2.59 bits per heavy atom. The van der Waals surface area contributed by atoms with Gasteiger partial charge in [0.05, 0.1) is 6.54 Å². The molecule has 0 saturated heterocycles. The third kappa shape index (κ3) is 7.51. The highest BCUT2D eigenvalue weighted by Gasteiger charge is 2.24. The molecule has 1 atom stereocenters. The first-order chi connectivity index (χ1) is 15.1. The van der Waals surface area contributed by atoms with Crippen LogP contribution in [0.4, 0.5) is 5.69 Å². The van der Waals surface area contributed by atoms with Gasteiger partial charge in [-0.3, -0.25) is 14.6 Å². The van der Waals surface area contributed by atoms with Gasteiger partial charge in [-0.15, -0.1) is 24.0 Å². The second kappa shape index (κ2) is 13.0. The molecule has 8 heteroatoms. The van der Waals surface area contributed by atoms with Gasteiger partial charge in [-0.05, 0) is 24.1 Å². The number of hydrogen-bond acceptors (Lipinski definition) is 3. The number of aliphatic imine (C=N–C) groups is 1. The van der Waals surface area contributed by atoms with Gasteiger partial charge >= 0.3 is 0 Å². The third-order valence-electron chi connectivity index (χ3n) is 5.24. The van der Waals surface area contributed by atoms with Crippen molar-refractivity contribution in [2.75, 3.05) is 32.0 Å². The molecule has 2 amide bonds. The van der Waals surface area contributed by atoms with Gasteiger partial charge in [0, 0.05) is 51.1 Å². The zero-order valence-corrected chi connectivity index (χ0v) is 21.0.